The summed E-state index contributed by atoms with van der Waals surface area (Å²) in [5.41, 5.74) is 0. The lowest BCUT2D eigenvalue weighted by atomic mass is 13.0. The summed E-state index contributed by atoms with van der Waals surface area (Å²) in [7, 11) is 0. The van der Waals surface area contributed by atoms with Gasteiger partial charge in [0.1, 0.15) is 0 Å². The van der Waals surface area contributed by atoms with E-state index >= 15 is 0 Å². The van der Waals surface area contributed by atoms with E-state index < -0.39 is 0 Å². The van der Waals surface area contributed by atoms with Gasteiger partial charge in [-0.3, -0.25) is 23.4 Å². The average Bonchev–Trinajstić information content (AvgIpc) is 1.50. The van der Waals surface area contributed by atoms with Crippen molar-refractivity contribution in [2.45, 2.75) is 0 Å². The third kappa shape index (κ3) is 497. The first-order valence-electron chi connectivity index (χ1n) is 0.667. The van der Waals surface area contributed by atoms with Crippen molar-refractivity contribution in [2.24, 2.45) is 23.4 Å². The normalized spacial score (nSPS) is 2.00. The standard InChI is InChI=1S/2H4N2.2H2O/c2*1-2;;/h2*1-2H2;2*1H2. The molecule has 0 aliphatic carbocycles. The fourth-order valence-corrected chi connectivity index (χ4v) is 0. The van der Waals surface area contributed by atoms with Crippen LogP contribution in [0.25, 0.3) is 0 Å². The summed E-state index contributed by atoms with van der Waals surface area (Å²) in [6, 6.07) is 0. The zero-order chi connectivity index (χ0) is 4.00. The molecule has 0 heterocycles. The summed E-state index contributed by atoms with van der Waals surface area (Å²) in [4.78, 5) is 0. The van der Waals surface area contributed by atoms with Crippen LogP contribution in [0.4, 0.5) is 0 Å². The Kier molecular flexibility index (Phi) is 8200. The van der Waals surface area contributed by atoms with Gasteiger partial charge in [0.05, 0.1) is 0 Å². The van der Waals surface area contributed by atoms with Gasteiger partial charge in [-0.15, -0.1) is 0 Å². The Hall–Kier alpha value is -0.240. The van der Waals surface area contributed by atoms with Crippen molar-refractivity contribution in [3.05, 3.63) is 0 Å². The molecule has 0 radical (unpaired) electrons. The molecule has 6 heteroatoms. The first kappa shape index (κ1) is 42.1. The fourth-order valence-electron chi connectivity index (χ4n) is 0. The van der Waals surface area contributed by atoms with Gasteiger partial charge < -0.3 is 11.0 Å². The molecule has 0 aromatic rings. The van der Waals surface area contributed by atoms with Gasteiger partial charge in [0.2, 0.25) is 0 Å². The molecule has 0 unspecified atom stereocenters. The summed E-state index contributed by atoms with van der Waals surface area (Å²) < 4.78 is 0. The molecular weight excluding hydrogens is 88.0 g/mol. The second kappa shape index (κ2) is 1170. The zero-order valence-corrected chi connectivity index (χ0v) is 3.31. The Labute approximate surface area is 35.6 Å². The van der Waals surface area contributed by atoms with Gasteiger partial charge in [-0.05, 0) is 0 Å². The van der Waals surface area contributed by atoms with Crippen LogP contribution in [-0.4, -0.2) is 11.0 Å². The predicted octanol–water partition coefficient (Wildman–Crippen LogP) is -4.01. The van der Waals surface area contributed by atoms with Gasteiger partial charge in [0.25, 0.3) is 0 Å². The molecule has 0 amide bonds. The van der Waals surface area contributed by atoms with Crippen LogP contribution < -0.4 is 23.4 Å². The number of hydrogen-bond acceptors (Lipinski definition) is 4. The molecule has 0 saturated carbocycles. The van der Waals surface area contributed by atoms with Crippen molar-refractivity contribution in [3.8, 4) is 0 Å². The molecule has 0 saturated heterocycles. The van der Waals surface area contributed by atoms with Gasteiger partial charge >= 0.3 is 0 Å². The van der Waals surface area contributed by atoms with Gasteiger partial charge in [0, 0.05) is 0 Å². The minimum atomic E-state index is 0. The van der Waals surface area contributed by atoms with Crippen LogP contribution in [0.2, 0.25) is 0 Å². The Morgan fingerprint density at radius 3 is 0.500 bits per heavy atom. The molecular formula is H12N4O2. The summed E-state index contributed by atoms with van der Waals surface area (Å²) >= 11 is 0. The van der Waals surface area contributed by atoms with E-state index in [2.05, 4.69) is 23.4 Å². The lowest BCUT2D eigenvalue weighted by molar-refractivity contribution is 0.823. The Bertz CT molecular complexity index is 5.51. The SMILES string of the molecule is NN.NN.O.O. The van der Waals surface area contributed by atoms with E-state index in [-0.39, 0.29) is 11.0 Å². The van der Waals surface area contributed by atoms with Crippen molar-refractivity contribution in [2.75, 3.05) is 0 Å². The molecule has 0 aromatic carbocycles. The molecule has 0 spiro atoms. The maximum Gasteiger partial charge on any atom is -0.274 e. The average molecular weight is 100 g/mol. The molecule has 0 aliphatic rings. The maximum absolute atomic E-state index is 4.00. The van der Waals surface area contributed by atoms with Crippen LogP contribution in [0.15, 0.2) is 0 Å². The van der Waals surface area contributed by atoms with Gasteiger partial charge in [-0.25, -0.2) is 0 Å². The predicted molar refractivity (Wildman–Crippen MR) is 24.0 cm³/mol. The highest BCUT2D eigenvalue weighted by molar-refractivity contribution is 3.26. The van der Waals surface area contributed by atoms with E-state index in [0.29, 0.717) is 0 Å². The summed E-state index contributed by atoms with van der Waals surface area (Å²) in [6.07, 6.45) is 0. The second-order valence-electron chi connectivity index (χ2n) is 0. The molecule has 12 N–H and O–H groups in total. The zero-order valence-electron chi connectivity index (χ0n) is 3.31. The molecule has 6 heavy (non-hydrogen) atoms. The smallest absolute Gasteiger partial charge is 0.274 e. The van der Waals surface area contributed by atoms with E-state index in [1.54, 1.807) is 0 Å². The van der Waals surface area contributed by atoms with Gasteiger partial charge in [-0.2, -0.15) is 0 Å². The summed E-state index contributed by atoms with van der Waals surface area (Å²) in [6.45, 7) is 0. The third-order valence-electron chi connectivity index (χ3n) is 0. The minimum Gasteiger partial charge on any atom is -0.412 e. The Morgan fingerprint density at radius 2 is 0.500 bits per heavy atom. The lowest BCUT2D eigenvalue weighted by Gasteiger charge is -1.27. The number of hydrogen-bond donors (Lipinski definition) is 4. The lowest BCUT2D eigenvalue weighted by Crippen LogP contribution is -2.02. The van der Waals surface area contributed by atoms with Crippen LogP contribution in [0, 0.1) is 0 Å². The third-order valence-corrected chi connectivity index (χ3v) is 0. The number of hydrazine groups is 2. The van der Waals surface area contributed by atoms with Crippen LogP contribution >= 0.6 is 0 Å². The Balaban J connectivity index is -0.00000000500. The van der Waals surface area contributed by atoms with E-state index in [1.165, 1.54) is 0 Å². The number of nitrogens with two attached hydrogens (primary N) is 4. The summed E-state index contributed by atoms with van der Waals surface area (Å²) in [5.74, 6) is 16.0. The van der Waals surface area contributed by atoms with Crippen molar-refractivity contribution >= 4 is 0 Å². The van der Waals surface area contributed by atoms with Crippen LogP contribution in [0.1, 0.15) is 0 Å². The van der Waals surface area contributed by atoms with E-state index in [4.69, 9.17) is 0 Å². The molecule has 0 rings (SSSR count). The molecule has 0 aliphatic heterocycles. The highest BCUT2D eigenvalue weighted by Gasteiger charge is 0.728. The highest BCUT2D eigenvalue weighted by atomic mass is 16.0. The maximum atomic E-state index is 4.00. The molecule has 0 bridgehead atoms. The van der Waals surface area contributed by atoms with Crippen LogP contribution in [0.5, 0.6) is 0 Å². The molecule has 0 atom stereocenters. The first-order valence-corrected chi connectivity index (χ1v) is 0.667. The minimum absolute atomic E-state index is 0. The van der Waals surface area contributed by atoms with Gasteiger partial charge in [0.15, 0.2) is 0 Å². The molecule has 44 valence electrons. The van der Waals surface area contributed by atoms with E-state index in [9.17, 15) is 0 Å². The van der Waals surface area contributed by atoms with Crippen molar-refractivity contribution in [3.63, 3.8) is 0 Å². The fraction of sp³-hybridized carbons (Fsp3) is 0. The van der Waals surface area contributed by atoms with E-state index in [0.717, 1.165) is 0 Å². The van der Waals surface area contributed by atoms with Gasteiger partial charge in [-0.1, -0.05) is 0 Å². The molecule has 0 fully saturated rings. The topological polar surface area (TPSA) is 167 Å². The Morgan fingerprint density at radius 1 is 0.500 bits per heavy atom. The molecule has 0 aromatic heterocycles. The van der Waals surface area contributed by atoms with Crippen molar-refractivity contribution in [1.29, 1.82) is 0 Å². The largest absolute Gasteiger partial charge is 0.412 e. The molecule has 6 nitrogen and oxygen atoms in total. The van der Waals surface area contributed by atoms with E-state index in [1.807, 2.05) is 0 Å². The summed E-state index contributed by atoms with van der Waals surface area (Å²) in [5, 5.41) is 0. The second-order valence-corrected chi connectivity index (χ2v) is 0. The number of rotatable bonds is 0. The monoisotopic (exact) mass is 100 g/mol. The first-order chi connectivity index (χ1) is 2.00. The van der Waals surface area contributed by atoms with Crippen LogP contribution in [-0.2, 0) is 0 Å². The quantitative estimate of drug-likeness (QED) is 0.180. The van der Waals surface area contributed by atoms with Crippen molar-refractivity contribution < 1.29 is 11.0 Å². The van der Waals surface area contributed by atoms with Crippen molar-refractivity contribution in [1.82, 2.24) is 0 Å². The van der Waals surface area contributed by atoms with Crippen LogP contribution in [0.3, 0.4) is 0 Å². The highest BCUT2D eigenvalue weighted by Crippen LogP contribution is -0.0170.